The quantitative estimate of drug-likeness (QED) is 0.271. The maximum atomic E-state index is 12.3. The van der Waals surface area contributed by atoms with Gasteiger partial charge in [0.2, 0.25) is 5.91 Å². The molecule has 0 aromatic heterocycles. The highest BCUT2D eigenvalue weighted by Gasteiger charge is 2.38. The molecule has 0 bridgehead atoms. The number of carbonyl (C=O) groups excluding carboxylic acids is 3. The number of aliphatic carboxylic acids is 1. The summed E-state index contributed by atoms with van der Waals surface area (Å²) in [6.45, 7) is 1.26. The molecule has 2 rings (SSSR count). The van der Waals surface area contributed by atoms with E-state index in [4.69, 9.17) is 0 Å². The number of benzene rings is 1. The van der Waals surface area contributed by atoms with Crippen LogP contribution < -0.4 is 5.32 Å². The molecule has 0 radical (unpaired) electrons. The van der Waals surface area contributed by atoms with E-state index in [9.17, 15) is 34.4 Å². The van der Waals surface area contributed by atoms with Gasteiger partial charge in [0, 0.05) is 12.1 Å². The molecule has 0 saturated carbocycles. The second-order valence-electron chi connectivity index (χ2n) is 5.63. The number of nitro benzene ring substituents is 1. The van der Waals surface area contributed by atoms with Gasteiger partial charge in [0.1, 0.15) is 12.6 Å². The van der Waals surface area contributed by atoms with E-state index in [1.807, 2.05) is 6.92 Å². The number of carbonyl (C=O) groups is 4. The number of nitrogens with one attached hydrogen (secondary N) is 1. The van der Waals surface area contributed by atoms with Crippen molar-refractivity contribution < 1.29 is 29.2 Å². The van der Waals surface area contributed by atoms with E-state index in [2.05, 4.69) is 5.32 Å². The third-order valence-electron chi connectivity index (χ3n) is 3.86. The molecule has 10 nitrogen and oxygen atoms in total. The van der Waals surface area contributed by atoms with E-state index in [1.165, 1.54) is 11.8 Å². The van der Waals surface area contributed by atoms with Crippen LogP contribution in [-0.2, 0) is 9.59 Å². The maximum Gasteiger partial charge on any atom is 0.326 e. The normalized spacial score (nSPS) is 14.0. The van der Waals surface area contributed by atoms with Gasteiger partial charge in [-0.2, -0.15) is 11.8 Å². The van der Waals surface area contributed by atoms with E-state index in [0.717, 1.165) is 24.0 Å². The minimum absolute atomic E-state index is 0.0347. The monoisotopic (exact) mass is 395 g/mol. The van der Waals surface area contributed by atoms with Crippen LogP contribution in [0.5, 0.6) is 0 Å². The lowest BCUT2D eigenvalue weighted by atomic mass is 10.1. The standard InChI is InChI=1S/C16H17N3O7S/c1-2-27-6-5-12(16(23)24)17-13(20)8-18-14(21)10-4-3-9(19(25)26)7-11(10)15(18)22/h3-4,7,12H,2,5-6,8H2,1H3,(H,17,20)(H,23,24). The Kier molecular flexibility index (Phi) is 6.50. The molecule has 0 fully saturated rings. The molecule has 11 heteroatoms. The van der Waals surface area contributed by atoms with Crippen molar-refractivity contribution in [3.05, 3.63) is 39.4 Å². The van der Waals surface area contributed by atoms with Gasteiger partial charge in [-0.1, -0.05) is 6.92 Å². The Balaban J connectivity index is 2.07. The summed E-state index contributed by atoms with van der Waals surface area (Å²) >= 11 is 1.52. The molecule has 1 atom stereocenters. The van der Waals surface area contributed by atoms with Crippen LogP contribution in [0.1, 0.15) is 34.1 Å². The number of nitrogens with zero attached hydrogens (tertiary/aromatic N) is 2. The fraction of sp³-hybridized carbons (Fsp3) is 0.375. The summed E-state index contributed by atoms with van der Waals surface area (Å²) in [5, 5.41) is 22.3. The molecule has 0 aliphatic carbocycles. The first-order valence-electron chi connectivity index (χ1n) is 8.00. The number of thioether (sulfide) groups is 1. The zero-order chi connectivity index (χ0) is 20.1. The van der Waals surface area contributed by atoms with Gasteiger partial charge in [0.25, 0.3) is 17.5 Å². The number of non-ortho nitro benzene ring substituents is 1. The van der Waals surface area contributed by atoms with Crippen LogP contribution >= 0.6 is 11.8 Å². The molecule has 1 aliphatic heterocycles. The van der Waals surface area contributed by atoms with Gasteiger partial charge in [-0.15, -0.1) is 0 Å². The molecule has 0 spiro atoms. The van der Waals surface area contributed by atoms with Gasteiger partial charge in [-0.05, 0) is 24.0 Å². The van der Waals surface area contributed by atoms with Crippen LogP contribution in [0.25, 0.3) is 0 Å². The number of amides is 3. The SMILES string of the molecule is CCSCCC(NC(=O)CN1C(=O)c2ccc([N+](=O)[O-])cc2C1=O)C(=O)O. The molecular formula is C16H17N3O7S. The summed E-state index contributed by atoms with van der Waals surface area (Å²) in [6, 6.07) is 2.11. The molecule has 1 heterocycles. The zero-order valence-corrected chi connectivity index (χ0v) is 15.2. The summed E-state index contributed by atoms with van der Waals surface area (Å²) < 4.78 is 0. The molecule has 0 saturated heterocycles. The highest BCUT2D eigenvalue weighted by Crippen LogP contribution is 2.26. The Bertz CT molecular complexity index is 811. The number of carboxylic acids is 1. The van der Waals surface area contributed by atoms with Crippen LogP contribution in [-0.4, -0.2) is 62.7 Å². The predicted molar refractivity (Wildman–Crippen MR) is 95.6 cm³/mol. The van der Waals surface area contributed by atoms with Gasteiger partial charge >= 0.3 is 5.97 Å². The van der Waals surface area contributed by atoms with E-state index in [-0.39, 0.29) is 23.2 Å². The minimum Gasteiger partial charge on any atom is -0.480 e. The summed E-state index contributed by atoms with van der Waals surface area (Å²) in [5.74, 6) is -2.26. The molecule has 1 unspecified atom stereocenters. The molecular weight excluding hydrogens is 378 g/mol. The Morgan fingerprint density at radius 1 is 1.30 bits per heavy atom. The highest BCUT2D eigenvalue weighted by atomic mass is 32.2. The maximum absolute atomic E-state index is 12.3. The number of carboxylic acid groups (broad SMARTS) is 1. The summed E-state index contributed by atoms with van der Waals surface area (Å²) in [5.41, 5.74) is -0.538. The Hall–Kier alpha value is -2.95. The van der Waals surface area contributed by atoms with Gasteiger partial charge in [0.05, 0.1) is 16.1 Å². The van der Waals surface area contributed by atoms with Crippen molar-refractivity contribution in [3.8, 4) is 0 Å². The van der Waals surface area contributed by atoms with Crippen LogP contribution in [0.3, 0.4) is 0 Å². The molecule has 2 N–H and O–H groups in total. The van der Waals surface area contributed by atoms with Crippen LogP contribution in [0.4, 0.5) is 5.69 Å². The lowest BCUT2D eigenvalue weighted by Gasteiger charge is -2.17. The molecule has 3 amide bonds. The van der Waals surface area contributed by atoms with Gasteiger partial charge in [-0.25, -0.2) is 4.79 Å². The molecule has 144 valence electrons. The van der Waals surface area contributed by atoms with E-state index < -0.39 is 41.2 Å². The predicted octanol–water partition coefficient (Wildman–Crippen LogP) is 0.903. The first-order chi connectivity index (χ1) is 12.8. The van der Waals surface area contributed by atoms with Gasteiger partial charge in [0.15, 0.2) is 0 Å². The van der Waals surface area contributed by atoms with Crippen molar-refractivity contribution >= 4 is 41.1 Å². The second kappa shape index (κ2) is 8.62. The number of rotatable bonds is 9. The van der Waals surface area contributed by atoms with Crippen molar-refractivity contribution in [2.75, 3.05) is 18.1 Å². The average molecular weight is 395 g/mol. The fourth-order valence-electron chi connectivity index (χ4n) is 2.52. The van der Waals surface area contributed by atoms with E-state index in [1.54, 1.807) is 0 Å². The van der Waals surface area contributed by atoms with Gasteiger partial charge in [-0.3, -0.25) is 29.4 Å². The third kappa shape index (κ3) is 4.61. The fourth-order valence-corrected chi connectivity index (χ4v) is 3.21. The zero-order valence-electron chi connectivity index (χ0n) is 14.3. The van der Waals surface area contributed by atoms with Crippen LogP contribution in [0.2, 0.25) is 0 Å². The lowest BCUT2D eigenvalue weighted by Crippen LogP contribution is -2.47. The summed E-state index contributed by atoms with van der Waals surface area (Å²) in [4.78, 5) is 58.8. The van der Waals surface area contributed by atoms with Crippen molar-refractivity contribution in [3.63, 3.8) is 0 Å². The first kappa shape index (κ1) is 20.4. The topological polar surface area (TPSA) is 147 Å². The van der Waals surface area contributed by atoms with Crippen LogP contribution in [0, 0.1) is 10.1 Å². The molecule has 1 aromatic carbocycles. The van der Waals surface area contributed by atoms with Crippen molar-refractivity contribution in [1.29, 1.82) is 0 Å². The highest BCUT2D eigenvalue weighted by molar-refractivity contribution is 7.99. The van der Waals surface area contributed by atoms with Crippen molar-refractivity contribution in [1.82, 2.24) is 10.2 Å². The number of fused-ring (bicyclic) bond motifs is 1. The molecule has 27 heavy (non-hydrogen) atoms. The minimum atomic E-state index is -1.21. The largest absolute Gasteiger partial charge is 0.480 e. The third-order valence-corrected chi connectivity index (χ3v) is 4.79. The average Bonchev–Trinajstić information content (AvgIpc) is 2.85. The van der Waals surface area contributed by atoms with Gasteiger partial charge < -0.3 is 10.4 Å². The lowest BCUT2D eigenvalue weighted by molar-refractivity contribution is -0.384. The van der Waals surface area contributed by atoms with Crippen molar-refractivity contribution in [2.45, 2.75) is 19.4 Å². The van der Waals surface area contributed by atoms with E-state index in [0.29, 0.717) is 10.7 Å². The van der Waals surface area contributed by atoms with E-state index >= 15 is 0 Å². The Labute approximate surface area is 158 Å². The molecule has 1 aromatic rings. The smallest absolute Gasteiger partial charge is 0.326 e. The second-order valence-corrected chi connectivity index (χ2v) is 7.02. The number of hydrogen-bond acceptors (Lipinski definition) is 7. The summed E-state index contributed by atoms with van der Waals surface area (Å²) in [7, 11) is 0. The number of imide groups is 1. The molecule has 1 aliphatic rings. The Morgan fingerprint density at radius 2 is 1.96 bits per heavy atom. The van der Waals surface area contributed by atoms with Crippen LogP contribution in [0.15, 0.2) is 18.2 Å². The van der Waals surface area contributed by atoms with Crippen molar-refractivity contribution in [2.24, 2.45) is 0 Å². The number of nitro groups is 1. The number of hydrogen-bond donors (Lipinski definition) is 2. The summed E-state index contributed by atoms with van der Waals surface area (Å²) in [6.07, 6.45) is 0.202. The Morgan fingerprint density at radius 3 is 2.56 bits per heavy atom. The first-order valence-corrected chi connectivity index (χ1v) is 9.16.